The molecule has 32 heavy (non-hydrogen) atoms. The van der Waals surface area contributed by atoms with E-state index in [1.54, 1.807) is 23.1 Å². The first-order chi connectivity index (χ1) is 15.5. The molecule has 0 saturated carbocycles. The molecule has 3 aromatic carbocycles. The zero-order valence-electron chi connectivity index (χ0n) is 17.2. The van der Waals surface area contributed by atoms with Crippen LogP contribution in [-0.4, -0.2) is 29.9 Å². The fraction of sp³-hybridized carbons (Fsp3) is 0.167. The Balaban J connectivity index is 1.47. The van der Waals surface area contributed by atoms with Crippen LogP contribution in [0.2, 0.25) is 0 Å². The first-order valence-corrected chi connectivity index (χ1v) is 10.2. The molecule has 0 bridgehead atoms. The van der Waals surface area contributed by atoms with Crippen LogP contribution < -0.4 is 15.0 Å². The van der Waals surface area contributed by atoms with Gasteiger partial charge >= 0.3 is 0 Å². The molecule has 0 radical (unpaired) electrons. The Kier molecular flexibility index (Phi) is 6.12. The number of ether oxygens (including phenoxy) is 1. The second kappa shape index (κ2) is 9.30. The second-order valence-electron chi connectivity index (χ2n) is 7.36. The molecular weight excluding hydrogens is 410 g/mol. The molecule has 0 fully saturated rings. The zero-order valence-corrected chi connectivity index (χ0v) is 17.2. The number of nitro benzene ring substituents is 1. The number of nitrogens with one attached hydrogen (secondary N) is 1. The number of anilines is 2. The number of nitro groups is 1. The van der Waals surface area contributed by atoms with E-state index in [1.165, 1.54) is 29.8 Å². The maximum Gasteiger partial charge on any atom is 0.269 e. The molecule has 1 N–H and O–H groups in total. The number of hydrogen-bond acceptors (Lipinski definition) is 5. The standard InChI is InChI=1S/C24H21N3O5/c28-23-16-32-22-13-10-19(25-24(29)18-8-11-20(12-9-18)27(30)31)15-21(22)26(23)14-4-7-17-5-2-1-3-6-17/h1-3,5-6,8-13,15H,4,7,14,16H2,(H,25,29). The highest BCUT2D eigenvalue weighted by molar-refractivity contribution is 6.05. The molecule has 8 nitrogen and oxygen atoms in total. The lowest BCUT2D eigenvalue weighted by Crippen LogP contribution is -2.39. The van der Waals surface area contributed by atoms with Gasteiger partial charge in [-0.25, -0.2) is 0 Å². The number of nitrogens with zero attached hydrogens (tertiary/aromatic N) is 2. The molecule has 0 atom stereocenters. The molecule has 0 aromatic heterocycles. The summed E-state index contributed by atoms with van der Waals surface area (Å²) in [5, 5.41) is 13.6. The van der Waals surface area contributed by atoms with Gasteiger partial charge in [0.1, 0.15) is 5.75 Å². The van der Waals surface area contributed by atoms with Crippen molar-refractivity contribution >= 4 is 28.9 Å². The van der Waals surface area contributed by atoms with Gasteiger partial charge in [0.25, 0.3) is 17.5 Å². The number of fused-ring (bicyclic) bond motifs is 1. The van der Waals surface area contributed by atoms with E-state index < -0.39 is 10.8 Å². The fourth-order valence-electron chi connectivity index (χ4n) is 3.55. The summed E-state index contributed by atoms with van der Waals surface area (Å²) in [5.74, 6) is 0.0422. The normalized spacial score (nSPS) is 12.6. The predicted octanol–water partition coefficient (Wildman–Crippen LogP) is 4.21. The minimum absolute atomic E-state index is 0.0210. The van der Waals surface area contributed by atoms with Gasteiger partial charge in [0, 0.05) is 29.9 Å². The Morgan fingerprint density at radius 2 is 1.81 bits per heavy atom. The minimum Gasteiger partial charge on any atom is -0.482 e. The van der Waals surface area contributed by atoms with E-state index in [1.807, 2.05) is 18.2 Å². The number of aryl methyl sites for hydroxylation is 1. The van der Waals surface area contributed by atoms with Gasteiger partial charge in [-0.15, -0.1) is 0 Å². The number of carbonyl (C=O) groups is 2. The van der Waals surface area contributed by atoms with Crippen LogP contribution in [0.15, 0.2) is 72.8 Å². The monoisotopic (exact) mass is 431 g/mol. The molecule has 3 aromatic rings. The van der Waals surface area contributed by atoms with Crippen LogP contribution in [-0.2, 0) is 11.2 Å². The lowest BCUT2D eigenvalue weighted by atomic mass is 10.1. The average molecular weight is 431 g/mol. The van der Waals surface area contributed by atoms with Gasteiger partial charge in [0.05, 0.1) is 10.6 Å². The Labute approximate surface area is 184 Å². The SMILES string of the molecule is O=C(Nc1ccc2c(c1)N(CCCc1ccccc1)C(=O)CO2)c1ccc([N+](=O)[O-])cc1. The van der Waals surface area contributed by atoms with Gasteiger partial charge in [-0.1, -0.05) is 30.3 Å². The van der Waals surface area contributed by atoms with Gasteiger partial charge < -0.3 is 15.0 Å². The highest BCUT2D eigenvalue weighted by Crippen LogP contribution is 2.35. The zero-order chi connectivity index (χ0) is 22.5. The van der Waals surface area contributed by atoms with E-state index in [4.69, 9.17) is 4.74 Å². The van der Waals surface area contributed by atoms with Gasteiger partial charge in [-0.05, 0) is 48.7 Å². The summed E-state index contributed by atoms with van der Waals surface area (Å²) in [7, 11) is 0. The summed E-state index contributed by atoms with van der Waals surface area (Å²) in [6, 6.07) is 20.5. The number of hydrogen-bond donors (Lipinski definition) is 1. The summed E-state index contributed by atoms with van der Waals surface area (Å²) in [4.78, 5) is 37.0. The molecule has 0 saturated heterocycles. The topological polar surface area (TPSA) is 102 Å². The average Bonchev–Trinajstić information content (AvgIpc) is 2.81. The largest absolute Gasteiger partial charge is 0.482 e. The maximum absolute atomic E-state index is 12.5. The van der Waals surface area contributed by atoms with Crippen molar-refractivity contribution in [2.45, 2.75) is 12.8 Å². The van der Waals surface area contributed by atoms with Crippen molar-refractivity contribution in [1.29, 1.82) is 0 Å². The van der Waals surface area contributed by atoms with Crippen LogP contribution >= 0.6 is 0 Å². The molecule has 0 spiro atoms. The Hall–Kier alpha value is -4.20. The van der Waals surface area contributed by atoms with Crippen LogP contribution in [0.1, 0.15) is 22.3 Å². The molecule has 0 unspecified atom stereocenters. The van der Waals surface area contributed by atoms with E-state index in [-0.39, 0.29) is 18.2 Å². The Morgan fingerprint density at radius 3 is 2.53 bits per heavy atom. The second-order valence-corrected chi connectivity index (χ2v) is 7.36. The van der Waals surface area contributed by atoms with Crippen LogP contribution in [0.4, 0.5) is 17.1 Å². The summed E-state index contributed by atoms with van der Waals surface area (Å²) in [5.41, 5.74) is 2.52. The molecule has 2 amide bonds. The van der Waals surface area contributed by atoms with Crippen LogP contribution in [0.25, 0.3) is 0 Å². The molecular formula is C24H21N3O5. The smallest absolute Gasteiger partial charge is 0.269 e. The van der Waals surface area contributed by atoms with Crippen LogP contribution in [0.3, 0.4) is 0 Å². The van der Waals surface area contributed by atoms with Crippen molar-refractivity contribution in [3.8, 4) is 5.75 Å². The quantitative estimate of drug-likeness (QED) is 0.446. The van der Waals surface area contributed by atoms with Gasteiger partial charge in [-0.2, -0.15) is 0 Å². The van der Waals surface area contributed by atoms with E-state index in [2.05, 4.69) is 17.4 Å². The summed E-state index contributed by atoms with van der Waals surface area (Å²) in [6.07, 6.45) is 1.63. The highest BCUT2D eigenvalue weighted by Gasteiger charge is 2.25. The first kappa shape index (κ1) is 21.0. The van der Waals surface area contributed by atoms with Gasteiger partial charge in [0.15, 0.2) is 6.61 Å². The third kappa shape index (κ3) is 4.75. The predicted molar refractivity (Wildman–Crippen MR) is 120 cm³/mol. The van der Waals surface area contributed by atoms with Crippen molar-refractivity contribution < 1.29 is 19.2 Å². The fourth-order valence-corrected chi connectivity index (χ4v) is 3.55. The molecule has 1 aliphatic heterocycles. The number of amides is 2. The molecule has 0 aliphatic carbocycles. The summed E-state index contributed by atoms with van der Waals surface area (Å²) in [6.45, 7) is 0.511. The highest BCUT2D eigenvalue weighted by atomic mass is 16.6. The summed E-state index contributed by atoms with van der Waals surface area (Å²) < 4.78 is 5.54. The lowest BCUT2D eigenvalue weighted by Gasteiger charge is -2.30. The third-order valence-corrected chi connectivity index (χ3v) is 5.19. The van der Waals surface area contributed by atoms with E-state index in [0.29, 0.717) is 29.2 Å². The van der Waals surface area contributed by atoms with E-state index in [9.17, 15) is 19.7 Å². The molecule has 1 aliphatic rings. The van der Waals surface area contributed by atoms with Crippen molar-refractivity contribution in [2.24, 2.45) is 0 Å². The number of rotatable bonds is 7. The van der Waals surface area contributed by atoms with Crippen molar-refractivity contribution in [2.75, 3.05) is 23.4 Å². The molecule has 1 heterocycles. The molecule has 8 heteroatoms. The number of benzene rings is 3. The van der Waals surface area contributed by atoms with Crippen molar-refractivity contribution in [1.82, 2.24) is 0 Å². The Morgan fingerprint density at radius 1 is 1.06 bits per heavy atom. The first-order valence-electron chi connectivity index (χ1n) is 10.2. The Bertz CT molecular complexity index is 1150. The van der Waals surface area contributed by atoms with E-state index in [0.717, 1.165) is 12.8 Å². The number of non-ortho nitro benzene ring substituents is 1. The minimum atomic E-state index is -0.519. The maximum atomic E-state index is 12.5. The molecule has 162 valence electrons. The van der Waals surface area contributed by atoms with E-state index >= 15 is 0 Å². The third-order valence-electron chi connectivity index (χ3n) is 5.19. The van der Waals surface area contributed by atoms with Gasteiger partial charge in [-0.3, -0.25) is 19.7 Å². The summed E-state index contributed by atoms with van der Waals surface area (Å²) >= 11 is 0. The lowest BCUT2D eigenvalue weighted by molar-refractivity contribution is -0.384. The molecule has 4 rings (SSSR count). The van der Waals surface area contributed by atoms with Crippen LogP contribution in [0, 0.1) is 10.1 Å². The van der Waals surface area contributed by atoms with Crippen molar-refractivity contribution in [3.63, 3.8) is 0 Å². The van der Waals surface area contributed by atoms with Crippen molar-refractivity contribution in [3.05, 3.63) is 94.0 Å². The van der Waals surface area contributed by atoms with Crippen LogP contribution in [0.5, 0.6) is 5.75 Å². The number of carbonyl (C=O) groups excluding carboxylic acids is 2. The van der Waals surface area contributed by atoms with Gasteiger partial charge in [0.2, 0.25) is 0 Å².